The third-order valence-corrected chi connectivity index (χ3v) is 7.41. The van der Waals surface area contributed by atoms with Crippen LogP contribution in [0.2, 0.25) is 0 Å². The molecule has 2 aromatic carbocycles. The molecule has 4 heterocycles. The fourth-order valence-corrected chi connectivity index (χ4v) is 5.68. The predicted molar refractivity (Wildman–Crippen MR) is 133 cm³/mol. The van der Waals surface area contributed by atoms with Crippen LogP contribution < -0.4 is 5.56 Å². The number of nitrogens with zero attached hydrogens (tertiary/aromatic N) is 2. The molecular weight excluding hydrogens is 434 g/mol. The first-order valence-corrected chi connectivity index (χ1v) is 11.9. The molecule has 0 unspecified atom stereocenters. The SMILES string of the molecule is O=c1c(-c2cc(-c3ccccc3)cs2)cnc2c(-c3cc(-c4ccccc4)cs3)c[nH]n12. The van der Waals surface area contributed by atoms with Crippen LogP contribution >= 0.6 is 22.7 Å². The lowest BCUT2D eigenvalue weighted by Crippen LogP contribution is -2.16. The van der Waals surface area contributed by atoms with Gasteiger partial charge in [0.15, 0.2) is 5.65 Å². The molecule has 6 heteroatoms. The van der Waals surface area contributed by atoms with Crippen molar-refractivity contribution >= 4 is 28.3 Å². The Bertz CT molecular complexity index is 1590. The number of rotatable bonds is 4. The van der Waals surface area contributed by atoms with Gasteiger partial charge in [0.1, 0.15) is 0 Å². The maximum absolute atomic E-state index is 13.2. The molecule has 0 aliphatic rings. The second-order valence-corrected chi connectivity index (χ2v) is 9.28. The molecule has 1 N–H and O–H groups in total. The van der Waals surface area contributed by atoms with E-state index >= 15 is 0 Å². The van der Waals surface area contributed by atoms with Crippen molar-refractivity contribution in [3.8, 4) is 43.1 Å². The largest absolute Gasteiger partial charge is 0.296 e. The van der Waals surface area contributed by atoms with Gasteiger partial charge >= 0.3 is 0 Å². The number of nitrogens with one attached hydrogen (secondary N) is 1. The molecule has 154 valence electrons. The molecule has 0 saturated heterocycles. The zero-order valence-electron chi connectivity index (χ0n) is 16.9. The third kappa shape index (κ3) is 3.21. The quantitative estimate of drug-likeness (QED) is 0.320. The van der Waals surface area contributed by atoms with E-state index in [9.17, 15) is 4.79 Å². The smallest absolute Gasteiger partial charge is 0.281 e. The molecule has 0 atom stereocenters. The van der Waals surface area contributed by atoms with E-state index in [2.05, 4.69) is 57.2 Å². The van der Waals surface area contributed by atoms with Gasteiger partial charge in [-0.15, -0.1) is 22.7 Å². The van der Waals surface area contributed by atoms with Crippen LogP contribution in [0, 0.1) is 0 Å². The minimum Gasteiger partial charge on any atom is -0.296 e. The number of aromatic amines is 1. The maximum Gasteiger partial charge on any atom is 0.281 e. The van der Waals surface area contributed by atoms with E-state index in [0.29, 0.717) is 11.2 Å². The van der Waals surface area contributed by atoms with Crippen molar-refractivity contribution in [2.45, 2.75) is 0 Å². The number of hydrogen-bond donors (Lipinski definition) is 1. The average molecular weight is 452 g/mol. The van der Waals surface area contributed by atoms with E-state index in [1.807, 2.05) is 42.6 Å². The van der Waals surface area contributed by atoms with Crippen LogP contribution in [0.15, 0.2) is 101 Å². The van der Waals surface area contributed by atoms with Crippen LogP contribution in [-0.2, 0) is 0 Å². The van der Waals surface area contributed by atoms with Gasteiger partial charge in [-0.1, -0.05) is 60.7 Å². The highest BCUT2D eigenvalue weighted by Gasteiger charge is 2.16. The Balaban J connectivity index is 1.39. The topological polar surface area (TPSA) is 50.2 Å². The summed E-state index contributed by atoms with van der Waals surface area (Å²) < 4.78 is 1.54. The van der Waals surface area contributed by atoms with Gasteiger partial charge in [0.05, 0.1) is 11.1 Å². The lowest BCUT2D eigenvalue weighted by atomic mass is 10.1. The molecule has 0 aliphatic heterocycles. The Hall–Kier alpha value is -3.74. The van der Waals surface area contributed by atoms with Crippen molar-refractivity contribution in [1.29, 1.82) is 0 Å². The molecular formula is C26H17N3OS2. The predicted octanol–water partition coefficient (Wildman–Crippen LogP) is 6.81. The lowest BCUT2D eigenvalue weighted by Gasteiger charge is -2.00. The molecule has 4 nitrogen and oxygen atoms in total. The molecule has 0 spiro atoms. The van der Waals surface area contributed by atoms with Crippen LogP contribution in [0.4, 0.5) is 0 Å². The molecule has 6 rings (SSSR count). The minimum atomic E-state index is -0.0949. The maximum atomic E-state index is 13.2. The normalized spacial score (nSPS) is 11.2. The zero-order valence-corrected chi connectivity index (χ0v) is 18.5. The Labute approximate surface area is 192 Å². The second kappa shape index (κ2) is 7.75. The van der Waals surface area contributed by atoms with Gasteiger partial charge in [-0.25, -0.2) is 9.50 Å². The van der Waals surface area contributed by atoms with E-state index in [4.69, 9.17) is 0 Å². The Morgan fingerprint density at radius 1 is 0.719 bits per heavy atom. The molecule has 32 heavy (non-hydrogen) atoms. The molecule has 0 aliphatic carbocycles. The van der Waals surface area contributed by atoms with Gasteiger partial charge < -0.3 is 0 Å². The Morgan fingerprint density at radius 2 is 1.28 bits per heavy atom. The average Bonchev–Trinajstić information content (AvgIpc) is 3.60. The Kier molecular flexibility index (Phi) is 4.60. The van der Waals surface area contributed by atoms with Gasteiger partial charge in [0.25, 0.3) is 5.56 Å². The van der Waals surface area contributed by atoms with Crippen molar-refractivity contribution in [3.63, 3.8) is 0 Å². The minimum absolute atomic E-state index is 0.0949. The van der Waals surface area contributed by atoms with E-state index < -0.39 is 0 Å². The molecule has 0 amide bonds. The lowest BCUT2D eigenvalue weighted by molar-refractivity contribution is 0.903. The number of H-pyrrole nitrogens is 1. The molecule has 0 radical (unpaired) electrons. The summed E-state index contributed by atoms with van der Waals surface area (Å²) in [6.45, 7) is 0. The highest BCUT2D eigenvalue weighted by atomic mass is 32.1. The molecule has 0 bridgehead atoms. The van der Waals surface area contributed by atoms with E-state index in [1.165, 1.54) is 10.1 Å². The van der Waals surface area contributed by atoms with Gasteiger partial charge in [0, 0.05) is 22.1 Å². The standard InChI is InChI=1S/C26H17N3OS2/c30-26-22(24-12-20(16-32-24)18-9-5-2-6-10-18)13-27-25-21(14-28-29(25)26)23-11-19(15-31-23)17-7-3-1-4-8-17/h1-16,28H. The van der Waals surface area contributed by atoms with Crippen LogP contribution in [0.3, 0.4) is 0 Å². The molecule has 0 saturated carbocycles. The summed E-state index contributed by atoms with van der Waals surface area (Å²) in [7, 11) is 0. The van der Waals surface area contributed by atoms with E-state index in [1.54, 1.807) is 28.9 Å². The van der Waals surface area contributed by atoms with Crippen molar-refractivity contribution in [1.82, 2.24) is 14.6 Å². The fraction of sp³-hybridized carbons (Fsp3) is 0. The number of fused-ring (bicyclic) bond motifs is 1. The molecule has 6 aromatic rings. The van der Waals surface area contributed by atoms with Crippen molar-refractivity contribution in [2.24, 2.45) is 0 Å². The highest BCUT2D eigenvalue weighted by Crippen LogP contribution is 2.35. The summed E-state index contributed by atoms with van der Waals surface area (Å²) >= 11 is 3.21. The van der Waals surface area contributed by atoms with Crippen LogP contribution in [0.25, 0.3) is 48.8 Å². The first-order valence-electron chi connectivity index (χ1n) is 10.2. The summed E-state index contributed by atoms with van der Waals surface area (Å²) in [6.07, 6.45) is 3.55. The van der Waals surface area contributed by atoms with Crippen LogP contribution in [-0.4, -0.2) is 14.6 Å². The van der Waals surface area contributed by atoms with Crippen LogP contribution in [0.5, 0.6) is 0 Å². The van der Waals surface area contributed by atoms with Gasteiger partial charge in [0.2, 0.25) is 0 Å². The summed E-state index contributed by atoms with van der Waals surface area (Å²) in [6, 6.07) is 24.7. The van der Waals surface area contributed by atoms with Gasteiger partial charge in [-0.3, -0.25) is 9.89 Å². The van der Waals surface area contributed by atoms with Crippen molar-refractivity contribution < 1.29 is 0 Å². The fourth-order valence-electron chi connectivity index (χ4n) is 3.83. The third-order valence-electron chi connectivity index (χ3n) is 5.48. The summed E-state index contributed by atoms with van der Waals surface area (Å²) in [5.74, 6) is 0. The van der Waals surface area contributed by atoms with E-state index in [0.717, 1.165) is 32.0 Å². The molecule has 4 aromatic heterocycles. The summed E-state index contributed by atoms with van der Waals surface area (Å²) in [5, 5.41) is 7.32. The van der Waals surface area contributed by atoms with Crippen molar-refractivity contribution in [2.75, 3.05) is 0 Å². The first kappa shape index (κ1) is 19.0. The second-order valence-electron chi connectivity index (χ2n) is 7.45. The number of thiophene rings is 2. The van der Waals surface area contributed by atoms with Gasteiger partial charge in [-0.05, 0) is 45.1 Å². The number of aromatic nitrogens is 3. The zero-order chi connectivity index (χ0) is 21.5. The summed E-state index contributed by atoms with van der Waals surface area (Å²) in [4.78, 5) is 19.9. The number of benzene rings is 2. The Morgan fingerprint density at radius 3 is 1.88 bits per heavy atom. The van der Waals surface area contributed by atoms with Crippen molar-refractivity contribution in [3.05, 3.63) is 106 Å². The molecule has 0 fully saturated rings. The summed E-state index contributed by atoms with van der Waals surface area (Å²) in [5.41, 5.74) is 6.65. The van der Waals surface area contributed by atoms with E-state index in [-0.39, 0.29) is 5.56 Å². The monoisotopic (exact) mass is 451 g/mol. The van der Waals surface area contributed by atoms with Gasteiger partial charge in [-0.2, -0.15) is 0 Å². The highest BCUT2D eigenvalue weighted by molar-refractivity contribution is 7.14. The van der Waals surface area contributed by atoms with Crippen LogP contribution in [0.1, 0.15) is 0 Å². The first-order chi connectivity index (χ1) is 15.8. The number of hydrogen-bond acceptors (Lipinski definition) is 4.